The second kappa shape index (κ2) is 12.0. The van der Waals surface area contributed by atoms with Gasteiger partial charge in [0.1, 0.15) is 17.4 Å². The molecule has 2 aromatic carbocycles. The van der Waals surface area contributed by atoms with E-state index in [2.05, 4.69) is 44.4 Å². The molecule has 0 unspecified atom stereocenters. The zero-order valence-electron chi connectivity index (χ0n) is 27.9. The molecule has 0 spiro atoms. The minimum Gasteiger partial charge on any atom is -0.480 e. The van der Waals surface area contributed by atoms with E-state index in [1.165, 1.54) is 6.07 Å². The minimum atomic E-state index is -3.56. The Bertz CT molecular complexity index is 2040. The van der Waals surface area contributed by atoms with Gasteiger partial charge in [0.05, 0.1) is 23.7 Å². The van der Waals surface area contributed by atoms with Gasteiger partial charge in [-0.15, -0.1) is 10.2 Å². The fourth-order valence-corrected chi connectivity index (χ4v) is 7.04. The molecule has 1 saturated heterocycles. The maximum Gasteiger partial charge on any atom is 0.320 e. The van der Waals surface area contributed by atoms with Gasteiger partial charge in [-0.1, -0.05) is 45.0 Å². The summed E-state index contributed by atoms with van der Waals surface area (Å²) in [4.78, 5) is 28.6. The lowest BCUT2D eigenvalue weighted by molar-refractivity contribution is -0.111. The average Bonchev–Trinajstić information content (AvgIpc) is 3.59. The number of carbonyl (C=O) groups is 2. The molecule has 2 amide bonds. The van der Waals surface area contributed by atoms with E-state index in [1.807, 2.05) is 55.6 Å². The second-order valence-corrected chi connectivity index (χ2v) is 15.6. The van der Waals surface area contributed by atoms with Gasteiger partial charge in [-0.25, -0.2) is 13.2 Å². The van der Waals surface area contributed by atoms with E-state index in [4.69, 9.17) is 4.74 Å². The zero-order chi connectivity index (χ0) is 34.5. The molecule has 0 saturated carbocycles. The number of hydrogen-bond donors (Lipinski definition) is 3. The molecule has 0 radical (unpaired) electrons. The summed E-state index contributed by atoms with van der Waals surface area (Å²) in [6.45, 7) is 9.12. The number of fused-ring (bicyclic) bond motifs is 2. The lowest BCUT2D eigenvalue weighted by Gasteiger charge is -2.34. The number of nitrogens with one attached hydrogen (secondary N) is 3. The van der Waals surface area contributed by atoms with Crippen molar-refractivity contribution in [3.8, 4) is 5.75 Å². The number of aromatic nitrogens is 3. The molecule has 1 aliphatic heterocycles. The third-order valence-electron chi connectivity index (χ3n) is 9.23. The number of anilines is 2. The number of rotatable bonds is 8. The Morgan fingerprint density at radius 2 is 1.83 bits per heavy atom. The second-order valence-electron chi connectivity index (χ2n) is 13.9. The number of likely N-dealkylation sites (tertiary alicyclic amines) is 1. The van der Waals surface area contributed by atoms with Gasteiger partial charge in [0, 0.05) is 11.3 Å². The number of ether oxygens (including phenoxy) is 1. The van der Waals surface area contributed by atoms with Crippen molar-refractivity contribution in [2.24, 2.45) is 0 Å². The van der Waals surface area contributed by atoms with Gasteiger partial charge < -0.3 is 15.4 Å². The van der Waals surface area contributed by atoms with Crippen molar-refractivity contribution in [1.29, 1.82) is 0 Å². The number of amides is 2. The van der Waals surface area contributed by atoms with Crippen LogP contribution in [0.4, 0.5) is 16.2 Å². The van der Waals surface area contributed by atoms with Gasteiger partial charge in [-0.3, -0.25) is 18.8 Å². The Morgan fingerprint density at radius 1 is 1.08 bits per heavy atom. The lowest BCUT2D eigenvalue weighted by Crippen LogP contribution is -2.49. The Morgan fingerprint density at radius 3 is 2.52 bits per heavy atom. The SMILES string of the molecule is CN1CCC[C@]1(C)c1nnc2ccc(O[C@@H]3C=C[C@](C=O)(NC(=O)Nc4cc(NS(C)(=O)=O)cc(C(C)(C)C)c4)c4ccccc43)cn12. The van der Waals surface area contributed by atoms with Crippen LogP contribution in [-0.2, 0) is 31.3 Å². The Kier molecular flexibility index (Phi) is 8.32. The van der Waals surface area contributed by atoms with E-state index in [0.29, 0.717) is 34.5 Å². The quantitative estimate of drug-likeness (QED) is 0.170. The standard InChI is InChI=1S/C35H41N7O5S/c1-33(2,3)23-18-24(20-25(19-23)40-48(6,45)46)36-32(44)37-35(22-43)16-14-29(27-10-7-8-11-28(27)35)47-26-12-13-30-38-39-31(42(30)21-26)34(4)15-9-17-41(34)5/h7-8,10-14,16,18-22,29,40H,9,15,17H2,1-6H3,(H2,36,37,44)/t29-,34-,35-/m1/s1. The van der Waals surface area contributed by atoms with Crippen molar-refractivity contribution in [3.63, 3.8) is 0 Å². The Hall–Kier alpha value is -4.75. The normalized spacial score (nSPS) is 22.7. The van der Waals surface area contributed by atoms with Crippen LogP contribution < -0.4 is 20.1 Å². The zero-order valence-corrected chi connectivity index (χ0v) is 28.8. The van der Waals surface area contributed by atoms with E-state index in [9.17, 15) is 18.0 Å². The van der Waals surface area contributed by atoms with Gasteiger partial charge in [0.2, 0.25) is 10.0 Å². The molecule has 2 aliphatic rings. The fourth-order valence-electron chi connectivity index (χ4n) is 6.49. The van der Waals surface area contributed by atoms with E-state index >= 15 is 0 Å². The minimum absolute atomic E-state index is 0.245. The Labute approximate surface area is 280 Å². The smallest absolute Gasteiger partial charge is 0.320 e. The fraction of sp³-hybridized carbons (Fsp3) is 0.371. The van der Waals surface area contributed by atoms with Crippen LogP contribution in [0.2, 0.25) is 0 Å². The highest BCUT2D eigenvalue weighted by atomic mass is 32.2. The van der Waals surface area contributed by atoms with Crippen LogP contribution >= 0.6 is 0 Å². The summed E-state index contributed by atoms with van der Waals surface area (Å²) in [7, 11) is -1.46. The summed E-state index contributed by atoms with van der Waals surface area (Å²) in [6.07, 6.45) is 8.54. The van der Waals surface area contributed by atoms with E-state index in [1.54, 1.807) is 36.4 Å². The molecule has 0 bridgehead atoms. The first-order chi connectivity index (χ1) is 22.6. The highest BCUT2D eigenvalue weighted by Gasteiger charge is 2.40. The maximum atomic E-state index is 13.5. The van der Waals surface area contributed by atoms with Gasteiger partial charge in [-0.2, -0.15) is 0 Å². The van der Waals surface area contributed by atoms with Gasteiger partial charge in [0.25, 0.3) is 0 Å². The number of aldehydes is 1. The van der Waals surface area contributed by atoms with Crippen LogP contribution in [0, 0.1) is 0 Å². The molecule has 48 heavy (non-hydrogen) atoms. The van der Waals surface area contributed by atoms with Crippen molar-refractivity contribution >= 4 is 39.4 Å². The first-order valence-electron chi connectivity index (χ1n) is 15.8. The van der Waals surface area contributed by atoms with Crippen LogP contribution in [-0.4, -0.2) is 60.1 Å². The van der Waals surface area contributed by atoms with E-state index in [0.717, 1.165) is 42.7 Å². The summed E-state index contributed by atoms with van der Waals surface area (Å²) < 4.78 is 34.9. The number of carbonyl (C=O) groups excluding carboxylic acids is 2. The predicted octanol–water partition coefficient (Wildman–Crippen LogP) is 5.24. The van der Waals surface area contributed by atoms with E-state index < -0.39 is 27.7 Å². The molecule has 252 valence electrons. The molecule has 1 fully saturated rings. The summed E-state index contributed by atoms with van der Waals surface area (Å²) in [6, 6.07) is 15.4. The Balaban J connectivity index is 1.27. The molecule has 3 heterocycles. The predicted molar refractivity (Wildman–Crippen MR) is 185 cm³/mol. The number of urea groups is 1. The largest absolute Gasteiger partial charge is 0.480 e. The number of nitrogens with zero attached hydrogens (tertiary/aromatic N) is 4. The van der Waals surface area contributed by atoms with Crippen molar-refractivity contribution in [3.05, 3.63) is 95.5 Å². The number of benzene rings is 2. The lowest BCUT2D eigenvalue weighted by atomic mass is 9.81. The first-order valence-corrected chi connectivity index (χ1v) is 17.7. The summed E-state index contributed by atoms with van der Waals surface area (Å²) in [5.41, 5.74) is 1.43. The highest BCUT2D eigenvalue weighted by molar-refractivity contribution is 7.92. The van der Waals surface area contributed by atoms with Gasteiger partial charge in [0.15, 0.2) is 17.8 Å². The van der Waals surface area contributed by atoms with Gasteiger partial charge in [-0.05, 0) is 92.4 Å². The molecule has 13 heteroatoms. The number of sulfonamides is 1. The van der Waals surface area contributed by atoms with Crippen molar-refractivity contribution in [1.82, 2.24) is 24.8 Å². The van der Waals surface area contributed by atoms with Crippen LogP contribution in [0.15, 0.2) is 72.9 Å². The first kappa shape index (κ1) is 33.2. The van der Waals surface area contributed by atoms with E-state index in [-0.39, 0.29) is 11.0 Å². The van der Waals surface area contributed by atoms with Crippen molar-refractivity contribution in [2.75, 3.05) is 29.9 Å². The van der Waals surface area contributed by atoms with Crippen LogP contribution in [0.5, 0.6) is 5.75 Å². The molecular weight excluding hydrogens is 630 g/mol. The summed E-state index contributed by atoms with van der Waals surface area (Å²) in [5, 5.41) is 14.6. The average molecular weight is 672 g/mol. The summed E-state index contributed by atoms with van der Waals surface area (Å²) in [5.74, 6) is 1.45. The van der Waals surface area contributed by atoms with Crippen LogP contribution in [0.3, 0.4) is 0 Å². The summed E-state index contributed by atoms with van der Waals surface area (Å²) >= 11 is 0. The van der Waals surface area contributed by atoms with Gasteiger partial charge >= 0.3 is 6.03 Å². The molecule has 3 N–H and O–H groups in total. The monoisotopic (exact) mass is 671 g/mol. The highest BCUT2D eigenvalue weighted by Crippen LogP contribution is 2.39. The third kappa shape index (κ3) is 6.39. The number of pyridine rings is 1. The maximum absolute atomic E-state index is 13.5. The van der Waals surface area contributed by atoms with Crippen LogP contribution in [0.1, 0.15) is 69.2 Å². The topological polar surface area (TPSA) is 147 Å². The molecular formula is C35H41N7O5S. The number of hydrogen-bond acceptors (Lipinski definition) is 8. The molecule has 1 aliphatic carbocycles. The van der Waals surface area contributed by atoms with Crippen molar-refractivity contribution < 1.29 is 22.7 Å². The molecule has 6 rings (SSSR count). The molecule has 4 aromatic rings. The van der Waals surface area contributed by atoms with Crippen LogP contribution in [0.25, 0.3) is 5.65 Å². The molecule has 12 nitrogen and oxygen atoms in total. The van der Waals surface area contributed by atoms with Crippen molar-refractivity contribution in [2.45, 2.75) is 63.1 Å². The third-order valence-corrected chi connectivity index (χ3v) is 9.84. The molecule has 3 atom stereocenters. The molecule has 2 aromatic heterocycles.